The van der Waals surface area contributed by atoms with Gasteiger partial charge in [-0.25, -0.2) is 4.39 Å². The molecule has 1 amide bonds. The fourth-order valence-electron chi connectivity index (χ4n) is 3.01. The van der Waals surface area contributed by atoms with Crippen LogP contribution in [-0.4, -0.2) is 43.5 Å². The van der Waals surface area contributed by atoms with Crippen LogP contribution in [0.3, 0.4) is 0 Å². The van der Waals surface area contributed by atoms with Crippen molar-refractivity contribution in [3.63, 3.8) is 0 Å². The minimum absolute atomic E-state index is 0.0474. The number of hydrogen-bond donors (Lipinski definition) is 1. The highest BCUT2D eigenvalue weighted by atomic mass is 79.9. The van der Waals surface area contributed by atoms with Crippen LogP contribution in [0.15, 0.2) is 46.9 Å². The van der Waals surface area contributed by atoms with E-state index in [0.717, 1.165) is 11.8 Å². The molecule has 0 unspecified atom stereocenters. The van der Waals surface area contributed by atoms with E-state index < -0.39 is 11.7 Å². The van der Waals surface area contributed by atoms with E-state index in [1.165, 1.54) is 24.3 Å². The Morgan fingerprint density at radius 1 is 1.04 bits per heavy atom. The number of nitrogens with one attached hydrogen (secondary N) is 1. The van der Waals surface area contributed by atoms with Crippen LogP contribution in [0.25, 0.3) is 0 Å². The average molecular weight is 460 g/mol. The number of piperazine rings is 1. The highest BCUT2D eigenvalue weighted by Gasteiger charge is 2.33. The summed E-state index contributed by atoms with van der Waals surface area (Å²) >= 11 is 2.89. The summed E-state index contributed by atoms with van der Waals surface area (Å²) in [6.45, 7) is 2.11. The first kappa shape index (κ1) is 20.4. The number of hydrogen-bond acceptors (Lipinski definition) is 3. The summed E-state index contributed by atoms with van der Waals surface area (Å²) in [6, 6.07) is 9.94. The van der Waals surface area contributed by atoms with Gasteiger partial charge in [-0.05, 0) is 42.5 Å². The molecule has 0 saturated carbocycles. The number of amides is 1. The van der Waals surface area contributed by atoms with Crippen LogP contribution in [0, 0.1) is 5.82 Å². The van der Waals surface area contributed by atoms with Crippen molar-refractivity contribution in [1.29, 1.82) is 0 Å². The molecule has 3 rings (SSSR count). The molecule has 4 nitrogen and oxygen atoms in total. The molecule has 1 fully saturated rings. The standard InChI is InChI=1S/C19H18BrF4N3O/c20-17-6-3-14(11-16(17)19(22,23)24)25-12-18(28)27-9-7-26(8-10-27)15-4-1-13(21)2-5-15/h1-6,11,25H,7-10,12H2. The van der Waals surface area contributed by atoms with E-state index in [1.807, 2.05) is 0 Å². The van der Waals surface area contributed by atoms with Gasteiger partial charge in [-0.3, -0.25) is 4.79 Å². The van der Waals surface area contributed by atoms with Gasteiger partial charge in [-0.2, -0.15) is 13.2 Å². The summed E-state index contributed by atoms with van der Waals surface area (Å²) in [5.74, 6) is -0.486. The van der Waals surface area contributed by atoms with Gasteiger partial charge in [0.25, 0.3) is 0 Å². The molecule has 1 heterocycles. The number of rotatable bonds is 4. The monoisotopic (exact) mass is 459 g/mol. The fraction of sp³-hybridized carbons (Fsp3) is 0.316. The second-order valence-electron chi connectivity index (χ2n) is 6.39. The summed E-state index contributed by atoms with van der Waals surface area (Å²) in [5.41, 5.74) is 0.327. The van der Waals surface area contributed by atoms with Gasteiger partial charge in [0.05, 0.1) is 12.1 Å². The molecule has 2 aromatic rings. The predicted molar refractivity (Wildman–Crippen MR) is 103 cm³/mol. The van der Waals surface area contributed by atoms with Crippen molar-refractivity contribution in [3.05, 3.63) is 58.3 Å². The molecule has 0 aliphatic carbocycles. The Labute approximate surface area is 168 Å². The van der Waals surface area contributed by atoms with E-state index in [0.29, 0.717) is 26.2 Å². The number of alkyl halides is 3. The van der Waals surface area contributed by atoms with Crippen LogP contribution in [0.1, 0.15) is 5.56 Å². The van der Waals surface area contributed by atoms with E-state index >= 15 is 0 Å². The summed E-state index contributed by atoms with van der Waals surface area (Å²) in [7, 11) is 0. The molecule has 0 atom stereocenters. The maximum absolute atomic E-state index is 13.0. The van der Waals surface area contributed by atoms with Gasteiger partial charge in [-0.15, -0.1) is 0 Å². The number of halogens is 5. The highest BCUT2D eigenvalue weighted by Crippen LogP contribution is 2.36. The molecule has 28 heavy (non-hydrogen) atoms. The average Bonchev–Trinajstić information content (AvgIpc) is 2.67. The summed E-state index contributed by atoms with van der Waals surface area (Å²) in [5, 5.41) is 2.76. The SMILES string of the molecule is O=C(CNc1ccc(Br)c(C(F)(F)F)c1)N1CCN(c2ccc(F)cc2)CC1. The Hall–Kier alpha value is -2.29. The summed E-state index contributed by atoms with van der Waals surface area (Å²) < 4.78 is 51.8. The Bertz CT molecular complexity index is 834. The van der Waals surface area contributed by atoms with Gasteiger partial charge < -0.3 is 15.1 Å². The molecule has 1 N–H and O–H groups in total. The number of carbonyl (C=O) groups excluding carboxylic acids is 1. The lowest BCUT2D eigenvalue weighted by Gasteiger charge is -2.36. The van der Waals surface area contributed by atoms with E-state index in [9.17, 15) is 22.4 Å². The van der Waals surface area contributed by atoms with Gasteiger partial charge in [0.15, 0.2) is 0 Å². The largest absolute Gasteiger partial charge is 0.417 e. The molecule has 0 radical (unpaired) electrons. The van der Waals surface area contributed by atoms with Crippen LogP contribution in [-0.2, 0) is 11.0 Å². The van der Waals surface area contributed by atoms with Gasteiger partial charge in [-0.1, -0.05) is 15.9 Å². The maximum Gasteiger partial charge on any atom is 0.417 e. The molecule has 0 spiro atoms. The second kappa shape index (κ2) is 8.38. The lowest BCUT2D eigenvalue weighted by atomic mass is 10.2. The molecule has 0 bridgehead atoms. The van der Waals surface area contributed by atoms with Crippen molar-refractivity contribution in [2.75, 3.05) is 42.9 Å². The molecular formula is C19H18BrF4N3O. The van der Waals surface area contributed by atoms with Crippen LogP contribution < -0.4 is 10.2 Å². The van der Waals surface area contributed by atoms with Crippen molar-refractivity contribution in [1.82, 2.24) is 4.90 Å². The quantitative estimate of drug-likeness (QED) is 0.689. The first-order valence-corrected chi connectivity index (χ1v) is 9.42. The van der Waals surface area contributed by atoms with E-state index in [4.69, 9.17) is 0 Å². The van der Waals surface area contributed by atoms with E-state index in [2.05, 4.69) is 26.1 Å². The lowest BCUT2D eigenvalue weighted by molar-refractivity contribution is -0.138. The minimum Gasteiger partial charge on any atom is -0.376 e. The van der Waals surface area contributed by atoms with Crippen molar-refractivity contribution in [2.45, 2.75) is 6.18 Å². The fourth-order valence-corrected chi connectivity index (χ4v) is 3.48. The molecule has 1 aliphatic rings. The number of benzene rings is 2. The van der Waals surface area contributed by atoms with Crippen LogP contribution >= 0.6 is 15.9 Å². The van der Waals surface area contributed by atoms with Crippen LogP contribution in [0.5, 0.6) is 0 Å². The molecule has 1 saturated heterocycles. The zero-order chi connectivity index (χ0) is 20.3. The topological polar surface area (TPSA) is 35.6 Å². The second-order valence-corrected chi connectivity index (χ2v) is 7.24. The van der Waals surface area contributed by atoms with Crippen molar-refractivity contribution < 1.29 is 22.4 Å². The first-order chi connectivity index (χ1) is 13.2. The van der Waals surface area contributed by atoms with Crippen molar-refractivity contribution in [2.24, 2.45) is 0 Å². The van der Waals surface area contributed by atoms with Gasteiger partial charge in [0, 0.05) is 42.0 Å². The first-order valence-electron chi connectivity index (χ1n) is 8.63. The number of anilines is 2. The van der Waals surface area contributed by atoms with Crippen molar-refractivity contribution >= 4 is 33.2 Å². The Morgan fingerprint density at radius 2 is 1.68 bits per heavy atom. The zero-order valence-electron chi connectivity index (χ0n) is 14.8. The van der Waals surface area contributed by atoms with Gasteiger partial charge in [0.1, 0.15) is 5.82 Å². The van der Waals surface area contributed by atoms with E-state index in [-0.39, 0.29) is 28.4 Å². The molecule has 0 aromatic heterocycles. The predicted octanol–water partition coefficient (Wildman–Crippen LogP) is 4.37. The maximum atomic E-state index is 13.0. The number of carbonyl (C=O) groups is 1. The smallest absolute Gasteiger partial charge is 0.376 e. The van der Waals surface area contributed by atoms with Gasteiger partial charge >= 0.3 is 6.18 Å². The van der Waals surface area contributed by atoms with E-state index in [1.54, 1.807) is 17.0 Å². The summed E-state index contributed by atoms with van der Waals surface area (Å²) in [6.07, 6.45) is -4.47. The molecule has 150 valence electrons. The number of nitrogens with zero attached hydrogens (tertiary/aromatic N) is 2. The minimum atomic E-state index is -4.47. The van der Waals surface area contributed by atoms with Crippen LogP contribution in [0.4, 0.5) is 28.9 Å². The normalized spacial score (nSPS) is 14.9. The molecule has 1 aliphatic heterocycles. The highest BCUT2D eigenvalue weighted by molar-refractivity contribution is 9.10. The molecule has 2 aromatic carbocycles. The summed E-state index contributed by atoms with van der Waals surface area (Å²) in [4.78, 5) is 16.1. The third-order valence-corrected chi connectivity index (χ3v) is 5.23. The zero-order valence-corrected chi connectivity index (χ0v) is 16.4. The van der Waals surface area contributed by atoms with Crippen LogP contribution in [0.2, 0.25) is 0 Å². The van der Waals surface area contributed by atoms with Gasteiger partial charge in [0.2, 0.25) is 5.91 Å². The Balaban J connectivity index is 1.53. The third kappa shape index (κ3) is 4.95. The Kier molecular flexibility index (Phi) is 6.12. The third-order valence-electron chi connectivity index (χ3n) is 4.54. The van der Waals surface area contributed by atoms with Crippen molar-refractivity contribution in [3.8, 4) is 0 Å². The molecule has 9 heteroatoms. The Morgan fingerprint density at radius 3 is 2.29 bits per heavy atom. The molecular weight excluding hydrogens is 442 g/mol. The lowest BCUT2D eigenvalue weighted by Crippen LogP contribution is -2.50.